The molecule has 4 atom stereocenters. The van der Waals surface area contributed by atoms with Crippen molar-refractivity contribution in [3.8, 4) is 0 Å². The number of ketones is 1. The zero-order valence-corrected chi connectivity index (χ0v) is 29.9. The number of benzene rings is 1. The topological polar surface area (TPSA) is 200 Å². The van der Waals surface area contributed by atoms with Crippen LogP contribution in [0.25, 0.3) is 0 Å². The van der Waals surface area contributed by atoms with E-state index >= 15 is 0 Å². The molecule has 14 heteroatoms. The summed E-state index contributed by atoms with van der Waals surface area (Å²) in [4.78, 5) is 92.9. The molecule has 2 unspecified atom stereocenters. The first kappa shape index (κ1) is 39.3. The SMILES string of the molecule is CC(C)COC(=O)N[C@H](C(=O)N(C)[C@@H](CC1CC1)C(=O)NC(CC1CC1)C(=O)C(=O)NCC(=O)NC(C(=O)O)c1ccccc1)C1CCCCC1. The van der Waals surface area contributed by atoms with Gasteiger partial charge in [0.05, 0.1) is 19.2 Å². The Morgan fingerprint density at radius 3 is 2.06 bits per heavy atom. The Hall–Kier alpha value is -4.49. The monoisotopic (exact) mass is 711 g/mol. The number of hydrogen-bond donors (Lipinski definition) is 5. The van der Waals surface area contributed by atoms with E-state index in [1.165, 1.54) is 11.9 Å². The van der Waals surface area contributed by atoms with Crippen molar-refractivity contribution in [3.05, 3.63) is 35.9 Å². The Morgan fingerprint density at radius 1 is 0.843 bits per heavy atom. The van der Waals surface area contributed by atoms with Gasteiger partial charge in [0.15, 0.2) is 6.04 Å². The van der Waals surface area contributed by atoms with Crippen molar-refractivity contribution < 1.29 is 43.4 Å². The maximum absolute atomic E-state index is 14.1. The zero-order valence-electron chi connectivity index (χ0n) is 29.9. The predicted octanol–water partition coefficient (Wildman–Crippen LogP) is 2.86. The van der Waals surface area contributed by atoms with E-state index in [2.05, 4.69) is 21.3 Å². The average Bonchev–Trinajstić information content (AvgIpc) is 4.06. The second-order valence-corrected chi connectivity index (χ2v) is 14.7. The highest BCUT2D eigenvalue weighted by molar-refractivity contribution is 6.38. The molecule has 1 aromatic carbocycles. The van der Waals surface area contributed by atoms with E-state index in [4.69, 9.17) is 4.74 Å². The van der Waals surface area contributed by atoms with Crippen molar-refractivity contribution in [3.63, 3.8) is 0 Å². The Kier molecular flexibility index (Phi) is 14.4. The Balaban J connectivity index is 1.42. The molecule has 0 aromatic heterocycles. The number of likely N-dealkylation sites (N-methyl/N-ethyl adjacent to an activating group) is 1. The van der Waals surface area contributed by atoms with E-state index in [0.717, 1.165) is 57.8 Å². The van der Waals surface area contributed by atoms with Gasteiger partial charge >= 0.3 is 12.1 Å². The van der Waals surface area contributed by atoms with E-state index in [1.54, 1.807) is 30.3 Å². The van der Waals surface area contributed by atoms with Crippen LogP contribution in [0.1, 0.15) is 96.1 Å². The van der Waals surface area contributed by atoms with Gasteiger partial charge in [0.2, 0.25) is 23.5 Å². The number of carbonyl (C=O) groups is 7. The number of nitrogens with zero attached hydrogens (tertiary/aromatic N) is 1. The van der Waals surface area contributed by atoms with Crippen LogP contribution in [0.2, 0.25) is 0 Å². The molecule has 1 aromatic rings. The molecule has 5 amide bonds. The molecule has 0 spiro atoms. The third-order valence-corrected chi connectivity index (χ3v) is 9.80. The van der Waals surface area contributed by atoms with Gasteiger partial charge in [-0.15, -0.1) is 0 Å². The molecule has 3 aliphatic rings. The van der Waals surface area contributed by atoms with Gasteiger partial charge in [-0.25, -0.2) is 9.59 Å². The van der Waals surface area contributed by atoms with Gasteiger partial charge in [0.1, 0.15) is 12.1 Å². The molecule has 3 aliphatic carbocycles. The highest BCUT2D eigenvalue weighted by Crippen LogP contribution is 2.36. The summed E-state index contributed by atoms with van der Waals surface area (Å²) in [6.07, 6.45) is 7.79. The molecular weight excluding hydrogens is 658 g/mol. The molecule has 3 saturated carbocycles. The largest absolute Gasteiger partial charge is 0.479 e. The predicted molar refractivity (Wildman–Crippen MR) is 186 cm³/mol. The summed E-state index contributed by atoms with van der Waals surface area (Å²) in [5, 5.41) is 19.7. The molecule has 0 radical (unpaired) electrons. The Morgan fingerprint density at radius 2 is 1.47 bits per heavy atom. The van der Waals surface area contributed by atoms with Gasteiger partial charge in [-0.1, -0.05) is 89.1 Å². The summed E-state index contributed by atoms with van der Waals surface area (Å²) >= 11 is 0. The number of amides is 5. The number of hydrogen-bond acceptors (Lipinski definition) is 8. The van der Waals surface area contributed by atoms with E-state index in [1.807, 2.05) is 13.8 Å². The van der Waals surface area contributed by atoms with Crippen LogP contribution in [-0.2, 0) is 33.5 Å². The average molecular weight is 712 g/mol. The fourth-order valence-electron chi connectivity index (χ4n) is 6.48. The summed E-state index contributed by atoms with van der Waals surface area (Å²) in [6.45, 7) is 3.38. The van der Waals surface area contributed by atoms with Crippen molar-refractivity contribution in [1.82, 2.24) is 26.2 Å². The quantitative estimate of drug-likeness (QED) is 0.134. The van der Waals surface area contributed by atoms with Crippen LogP contribution in [0, 0.1) is 23.7 Å². The molecule has 0 heterocycles. The first-order valence-electron chi connectivity index (χ1n) is 18.2. The molecule has 0 bridgehead atoms. The molecule has 5 N–H and O–H groups in total. The highest BCUT2D eigenvalue weighted by Gasteiger charge is 2.41. The molecular formula is C37H53N5O9. The number of carboxylic acids is 1. The van der Waals surface area contributed by atoms with Gasteiger partial charge in [-0.05, 0) is 54.9 Å². The fourth-order valence-corrected chi connectivity index (χ4v) is 6.48. The summed E-state index contributed by atoms with van der Waals surface area (Å²) in [6, 6.07) is 3.69. The van der Waals surface area contributed by atoms with E-state index < -0.39 is 72.2 Å². The number of carbonyl (C=O) groups excluding carboxylic acids is 6. The number of ether oxygens (including phenoxy) is 1. The van der Waals surface area contributed by atoms with Gasteiger partial charge in [-0.2, -0.15) is 0 Å². The van der Waals surface area contributed by atoms with Crippen LogP contribution in [-0.4, -0.2) is 89.8 Å². The third kappa shape index (κ3) is 12.4. The fraction of sp³-hybridized carbons (Fsp3) is 0.649. The number of carboxylic acid groups (broad SMARTS) is 1. The lowest BCUT2D eigenvalue weighted by atomic mass is 9.83. The van der Waals surface area contributed by atoms with Crippen LogP contribution >= 0.6 is 0 Å². The second kappa shape index (κ2) is 18.7. The van der Waals surface area contributed by atoms with Crippen LogP contribution in [0.4, 0.5) is 4.79 Å². The van der Waals surface area contributed by atoms with E-state index in [9.17, 15) is 38.7 Å². The molecule has 0 saturated heterocycles. The number of alkyl carbamates (subject to hydrolysis) is 1. The van der Waals surface area contributed by atoms with Crippen molar-refractivity contribution in [2.24, 2.45) is 23.7 Å². The summed E-state index contributed by atoms with van der Waals surface area (Å²) < 4.78 is 5.34. The van der Waals surface area contributed by atoms with Gasteiger partial charge in [0.25, 0.3) is 5.91 Å². The minimum atomic E-state index is -1.35. The summed E-state index contributed by atoms with van der Waals surface area (Å²) in [5.74, 6) is -4.76. The smallest absolute Gasteiger partial charge is 0.407 e. The highest BCUT2D eigenvalue weighted by atomic mass is 16.5. The van der Waals surface area contributed by atoms with Crippen molar-refractivity contribution in [1.29, 1.82) is 0 Å². The second-order valence-electron chi connectivity index (χ2n) is 14.7. The molecule has 4 rings (SSSR count). The van der Waals surface area contributed by atoms with E-state index in [-0.39, 0.29) is 36.7 Å². The number of nitrogens with one attached hydrogen (secondary N) is 4. The lowest BCUT2D eigenvalue weighted by Gasteiger charge is -2.36. The van der Waals surface area contributed by atoms with Gasteiger partial charge < -0.3 is 36.0 Å². The number of Topliss-reactive ketones (excluding diaryl/α,β-unsaturated/α-hetero) is 1. The van der Waals surface area contributed by atoms with Crippen LogP contribution < -0.4 is 21.3 Å². The van der Waals surface area contributed by atoms with Crippen molar-refractivity contribution >= 4 is 41.5 Å². The lowest BCUT2D eigenvalue weighted by molar-refractivity contribution is -0.144. The van der Waals surface area contributed by atoms with E-state index in [0.29, 0.717) is 12.0 Å². The zero-order chi connectivity index (χ0) is 37.1. The van der Waals surface area contributed by atoms with Crippen LogP contribution in [0.5, 0.6) is 0 Å². The molecule has 0 aliphatic heterocycles. The van der Waals surface area contributed by atoms with Gasteiger partial charge in [-0.3, -0.25) is 24.0 Å². The van der Waals surface area contributed by atoms with Crippen LogP contribution in [0.3, 0.4) is 0 Å². The lowest BCUT2D eigenvalue weighted by Crippen LogP contribution is -2.59. The Bertz CT molecular complexity index is 1410. The summed E-state index contributed by atoms with van der Waals surface area (Å²) in [7, 11) is 1.54. The number of aliphatic carboxylic acids is 1. The first-order valence-corrected chi connectivity index (χ1v) is 18.2. The third-order valence-electron chi connectivity index (χ3n) is 9.80. The first-order chi connectivity index (χ1) is 24.3. The minimum Gasteiger partial charge on any atom is -0.479 e. The molecule has 14 nitrogen and oxygen atoms in total. The molecule has 280 valence electrons. The molecule has 3 fully saturated rings. The minimum absolute atomic E-state index is 0.114. The van der Waals surface area contributed by atoms with Gasteiger partial charge in [0, 0.05) is 7.05 Å². The normalized spacial score (nSPS) is 18.4. The Labute approximate surface area is 299 Å². The van der Waals surface area contributed by atoms with Crippen molar-refractivity contribution in [2.45, 2.75) is 109 Å². The standard InChI is InChI=1S/C37H53N5O9/c1-22(2)21-51-37(50)41-30(25-10-6-4-7-11-25)35(47)42(3)28(19-24-16-17-24)33(45)39-27(18-23-14-15-23)32(44)34(46)38-20-29(43)40-31(36(48)49)26-12-8-5-9-13-26/h5,8-9,12-13,22-25,27-28,30-31H,4,6-7,10-11,14-21H2,1-3H3,(H,38,46)(H,39,45)(H,40,43)(H,41,50)(H,48,49)/t27?,28-,30-,31?/m0/s1. The van der Waals surface area contributed by atoms with Crippen molar-refractivity contribution in [2.75, 3.05) is 20.2 Å². The number of rotatable bonds is 19. The molecule has 51 heavy (non-hydrogen) atoms. The van der Waals surface area contributed by atoms with Crippen LogP contribution in [0.15, 0.2) is 30.3 Å². The maximum Gasteiger partial charge on any atom is 0.407 e. The maximum atomic E-state index is 14.1. The summed E-state index contributed by atoms with van der Waals surface area (Å²) in [5.41, 5.74) is 0.337.